The van der Waals surface area contributed by atoms with Crippen LogP contribution in [0.3, 0.4) is 0 Å². The Bertz CT molecular complexity index is 1730. The molecule has 0 saturated heterocycles. The summed E-state index contributed by atoms with van der Waals surface area (Å²) in [5.41, 5.74) is 0. The molecular weight excluding hydrogens is 1030 g/mol. The minimum atomic E-state index is -1.63. The van der Waals surface area contributed by atoms with Gasteiger partial charge in [-0.1, -0.05) is 284 Å². The molecule has 0 aromatic heterocycles. The molecule has 0 rings (SSSR count). The van der Waals surface area contributed by atoms with E-state index >= 15 is 0 Å². The van der Waals surface area contributed by atoms with Crippen molar-refractivity contribution in [3.8, 4) is 0 Å². The van der Waals surface area contributed by atoms with E-state index in [2.05, 4.69) is 123 Å². The highest BCUT2D eigenvalue weighted by Crippen LogP contribution is 2.17. The number of aliphatic carboxylic acids is 1. The number of hydrogen-bond acceptors (Lipinski definition) is 8. The Morgan fingerprint density at radius 2 is 0.651 bits per heavy atom. The fourth-order valence-corrected chi connectivity index (χ4v) is 9.38. The number of nitrogens with zero attached hydrogens (tertiary/aromatic N) is 1. The molecule has 0 saturated carbocycles. The molecule has 2 unspecified atom stereocenters. The highest BCUT2D eigenvalue weighted by Gasteiger charge is 2.22. The quantitative estimate of drug-likeness (QED) is 0.0195. The number of unbranched alkanes of at least 4 members (excludes halogenated alkanes) is 29. The van der Waals surface area contributed by atoms with Crippen LogP contribution in [0.25, 0.3) is 0 Å². The number of allylic oxidation sites excluding steroid dienone is 18. The molecule has 9 heteroatoms. The number of ether oxygens (including phenoxy) is 4. The van der Waals surface area contributed by atoms with Crippen molar-refractivity contribution in [2.45, 2.75) is 296 Å². The van der Waals surface area contributed by atoms with E-state index in [9.17, 15) is 19.5 Å². The highest BCUT2D eigenvalue weighted by molar-refractivity contribution is 5.70. The molecule has 9 nitrogen and oxygen atoms in total. The van der Waals surface area contributed by atoms with Crippen LogP contribution in [0.2, 0.25) is 0 Å². The number of hydrogen-bond donors (Lipinski definition) is 0. The van der Waals surface area contributed by atoms with E-state index in [0.717, 1.165) is 116 Å². The van der Waals surface area contributed by atoms with Crippen LogP contribution in [0.1, 0.15) is 284 Å². The van der Waals surface area contributed by atoms with Crippen molar-refractivity contribution in [3.05, 3.63) is 109 Å². The van der Waals surface area contributed by atoms with Gasteiger partial charge in [0.2, 0.25) is 0 Å². The van der Waals surface area contributed by atoms with E-state index in [1.807, 2.05) is 21.1 Å². The van der Waals surface area contributed by atoms with Crippen molar-refractivity contribution in [1.29, 1.82) is 0 Å². The minimum absolute atomic E-state index is 0.142. The zero-order valence-electron chi connectivity index (χ0n) is 54.3. The maximum Gasteiger partial charge on any atom is 0.306 e. The first-order chi connectivity index (χ1) is 40.6. The van der Waals surface area contributed by atoms with Crippen molar-refractivity contribution < 1.29 is 42.9 Å². The molecule has 0 amide bonds. The number of carboxylic acid groups (broad SMARTS) is 1. The first-order valence-corrected chi connectivity index (χ1v) is 34.0. The fourth-order valence-electron chi connectivity index (χ4n) is 9.38. The van der Waals surface area contributed by atoms with E-state index in [4.69, 9.17) is 18.9 Å². The molecule has 0 fully saturated rings. The lowest BCUT2D eigenvalue weighted by atomic mass is 10.0. The molecule has 0 aliphatic heterocycles. The van der Waals surface area contributed by atoms with Crippen LogP contribution < -0.4 is 5.11 Å². The molecule has 0 spiro atoms. The molecule has 476 valence electrons. The number of esters is 2. The van der Waals surface area contributed by atoms with E-state index in [-0.39, 0.29) is 38.6 Å². The summed E-state index contributed by atoms with van der Waals surface area (Å²) in [6, 6.07) is 0. The lowest BCUT2D eigenvalue weighted by Gasteiger charge is -2.26. The van der Waals surface area contributed by atoms with Gasteiger partial charge in [-0.05, 0) is 96.3 Å². The SMILES string of the molecule is CC/C=C\C/C=C\C/C=C\C/C=C\C/C=C\CCCCCCCCCCCCCCCCCCCCCCCCCC(=O)OC(COC(=O)CCCCCCCC/C=C\C/C=C\C/C=C\C/C=C\CC)COC(OCC[N+](C)(C)C)C(=O)[O-]. The van der Waals surface area contributed by atoms with E-state index in [0.29, 0.717) is 17.4 Å². The second kappa shape index (κ2) is 64.0. The van der Waals surface area contributed by atoms with Gasteiger partial charge in [0.25, 0.3) is 0 Å². The molecule has 2 atom stereocenters. The van der Waals surface area contributed by atoms with Crippen LogP contribution >= 0.6 is 0 Å². The van der Waals surface area contributed by atoms with E-state index < -0.39 is 24.3 Å². The molecule has 0 N–H and O–H groups in total. The summed E-state index contributed by atoms with van der Waals surface area (Å²) in [5, 5.41) is 11.8. The predicted octanol–water partition coefficient (Wildman–Crippen LogP) is 19.7. The molecule has 0 aliphatic carbocycles. The normalized spacial score (nSPS) is 13.4. The number of quaternary nitrogens is 1. The van der Waals surface area contributed by atoms with Crippen LogP contribution in [0, 0.1) is 0 Å². The smallest absolute Gasteiger partial charge is 0.306 e. The summed E-state index contributed by atoms with van der Waals surface area (Å²) in [7, 11) is 5.92. The summed E-state index contributed by atoms with van der Waals surface area (Å²) >= 11 is 0. The maximum atomic E-state index is 12.9. The molecule has 0 aromatic rings. The number of likely N-dealkylation sites (N-methyl/N-ethyl adjacent to an activating group) is 1. The zero-order chi connectivity index (χ0) is 60.5. The van der Waals surface area contributed by atoms with Gasteiger partial charge in [0.1, 0.15) is 13.2 Å². The topological polar surface area (TPSA) is 111 Å². The van der Waals surface area contributed by atoms with Crippen LogP contribution in [0.15, 0.2) is 109 Å². The number of carbonyl (C=O) groups excluding carboxylic acids is 3. The summed E-state index contributed by atoms with van der Waals surface area (Å²) in [6.07, 6.45) is 86.1. The second-order valence-electron chi connectivity index (χ2n) is 23.7. The third kappa shape index (κ3) is 65.3. The molecular formula is C74H127NO8. The zero-order valence-corrected chi connectivity index (χ0v) is 54.3. The van der Waals surface area contributed by atoms with Crippen LogP contribution in [0.5, 0.6) is 0 Å². The van der Waals surface area contributed by atoms with Crippen LogP contribution in [-0.4, -0.2) is 82.3 Å². The molecule has 0 aromatic carbocycles. The lowest BCUT2D eigenvalue weighted by molar-refractivity contribution is -0.870. The molecule has 0 heterocycles. The third-order valence-corrected chi connectivity index (χ3v) is 14.5. The molecule has 83 heavy (non-hydrogen) atoms. The Balaban J connectivity index is 4.03. The van der Waals surface area contributed by atoms with Crippen molar-refractivity contribution >= 4 is 17.9 Å². The van der Waals surface area contributed by atoms with Gasteiger partial charge in [-0.3, -0.25) is 9.59 Å². The van der Waals surface area contributed by atoms with Gasteiger partial charge in [-0.15, -0.1) is 0 Å². The number of carboxylic acids is 1. The summed E-state index contributed by atoms with van der Waals surface area (Å²) in [6.45, 7) is 4.52. The van der Waals surface area contributed by atoms with Gasteiger partial charge in [-0.25, -0.2) is 0 Å². The van der Waals surface area contributed by atoms with Gasteiger partial charge in [0.05, 0.1) is 40.3 Å². The van der Waals surface area contributed by atoms with Crippen LogP contribution in [0.4, 0.5) is 0 Å². The Labute approximate surface area is 511 Å². The van der Waals surface area contributed by atoms with Crippen molar-refractivity contribution in [2.75, 3.05) is 47.5 Å². The van der Waals surface area contributed by atoms with Gasteiger partial charge < -0.3 is 33.3 Å². The van der Waals surface area contributed by atoms with E-state index in [1.165, 1.54) is 135 Å². The molecule has 0 aliphatic rings. The van der Waals surface area contributed by atoms with Crippen LogP contribution in [-0.2, 0) is 33.3 Å². The Kier molecular flexibility index (Phi) is 60.8. The van der Waals surface area contributed by atoms with Crippen molar-refractivity contribution in [3.63, 3.8) is 0 Å². The lowest BCUT2D eigenvalue weighted by Crippen LogP contribution is -2.44. The highest BCUT2D eigenvalue weighted by atomic mass is 16.7. The number of rotatable bonds is 62. The summed E-state index contributed by atoms with van der Waals surface area (Å²) in [5.74, 6) is -2.30. The summed E-state index contributed by atoms with van der Waals surface area (Å²) < 4.78 is 22.7. The van der Waals surface area contributed by atoms with Gasteiger partial charge >= 0.3 is 11.9 Å². The molecule has 0 radical (unpaired) electrons. The first-order valence-electron chi connectivity index (χ1n) is 34.0. The second-order valence-corrected chi connectivity index (χ2v) is 23.7. The largest absolute Gasteiger partial charge is 0.545 e. The van der Waals surface area contributed by atoms with Crippen molar-refractivity contribution in [1.82, 2.24) is 0 Å². The maximum absolute atomic E-state index is 12.9. The standard InChI is InChI=1S/C74H127NO8/c1-6-8-10-12-14-16-18-20-22-24-26-27-28-29-30-31-32-33-34-35-36-37-38-39-40-41-42-43-44-45-47-49-51-53-55-57-59-61-63-65-72(77)83-70(69-82-74(73(78)79)80-67-66-75(3,4)5)68-81-71(76)64-62-60-58-56-54-52-50-48-46-25-23-21-19-17-15-13-11-9-7-2/h8-11,14-17,20-23,26-27,29-30,46,48,70,74H,6-7,12-13,18-19,24-25,28,31-45,47,49-69H2,1-5H3/b10-8-,11-9-,16-14-,17-15-,22-20-,23-21-,27-26-,30-29-,48-46-. The number of carbonyl (C=O) groups is 3. The fraction of sp³-hybridized carbons (Fsp3) is 0.716. The van der Waals surface area contributed by atoms with E-state index in [1.54, 1.807) is 0 Å². The first kappa shape index (κ1) is 79.0. The van der Waals surface area contributed by atoms with Gasteiger partial charge in [-0.2, -0.15) is 0 Å². The average Bonchev–Trinajstić information content (AvgIpc) is 3.46. The third-order valence-electron chi connectivity index (χ3n) is 14.5. The Morgan fingerprint density at radius 1 is 0.361 bits per heavy atom. The molecule has 0 bridgehead atoms. The Hall–Kier alpha value is -4.05. The Morgan fingerprint density at radius 3 is 0.964 bits per heavy atom. The predicted molar refractivity (Wildman–Crippen MR) is 352 cm³/mol. The summed E-state index contributed by atoms with van der Waals surface area (Å²) in [4.78, 5) is 37.4. The van der Waals surface area contributed by atoms with Gasteiger partial charge in [0, 0.05) is 12.8 Å². The average molecular weight is 1160 g/mol. The van der Waals surface area contributed by atoms with Crippen molar-refractivity contribution in [2.24, 2.45) is 0 Å². The monoisotopic (exact) mass is 1160 g/mol. The minimum Gasteiger partial charge on any atom is -0.545 e. The van der Waals surface area contributed by atoms with Gasteiger partial charge in [0.15, 0.2) is 12.4 Å².